The maximum Gasteiger partial charge on any atom is 0.347 e. The second kappa shape index (κ2) is 39.3. The van der Waals surface area contributed by atoms with Crippen molar-refractivity contribution in [3.8, 4) is 0 Å². The van der Waals surface area contributed by atoms with Crippen molar-refractivity contribution in [1.82, 2.24) is 0 Å². The number of ether oxygens (including phenoxy) is 9. The molecule has 0 N–H and O–H groups in total. The average Bonchev–Trinajstić information content (AvgIpc) is 1.25. The van der Waals surface area contributed by atoms with Gasteiger partial charge in [0, 0.05) is 23.7 Å². The second-order valence-electron chi connectivity index (χ2n) is 48.0. The summed E-state index contributed by atoms with van der Waals surface area (Å²) in [5, 5.41) is 0. The zero-order valence-electron chi connectivity index (χ0n) is 82.0. The molecule has 7 unspecified atom stereocenters. The van der Waals surface area contributed by atoms with E-state index in [4.69, 9.17) is 42.6 Å². The van der Waals surface area contributed by atoms with Crippen molar-refractivity contribution in [2.75, 3.05) is 6.61 Å². The molecule has 18 rings (SSSR count). The topological polar surface area (TPSA) is 237 Å². The van der Waals surface area contributed by atoms with Crippen molar-refractivity contribution in [2.45, 2.75) is 471 Å². The molecule has 18 nitrogen and oxygen atoms in total. The number of cyclic esters (lactones) is 1. The molecule has 18 aliphatic rings. The molecule has 7 atom stereocenters. The summed E-state index contributed by atoms with van der Waals surface area (Å²) in [5.74, 6) is 8.35. The molecule has 0 aromatic carbocycles. The van der Waals surface area contributed by atoms with E-state index in [1.165, 1.54) is 141 Å². The third kappa shape index (κ3) is 23.8. The van der Waals surface area contributed by atoms with Crippen LogP contribution in [0.25, 0.3) is 0 Å². The minimum atomic E-state index is -0.687. The molecule has 0 aromatic heterocycles. The van der Waals surface area contributed by atoms with Gasteiger partial charge < -0.3 is 42.6 Å². The standard InChI is InChI=1S/2C19H32O2.C17H28O2.C14H20O4.C13H24O2.C12H22O2.C10H16O4/c1-6-17(2,3)16(20)21-18(4,5)19-10-13-7-14(11-19)9-15(8-13)12-19;1-5-18(3,4)17(20)21-13(2)9-19-10-14-6-15(11-19)8-16(7-14)12-19;1-5-16(2,3)15(18)19-17(4)13-7-11-6-12(9-13)10-14(17)8-11;1-4-14(2,3)13(16)18-10-7-5-8-9(6-7)12(15)17-11(8)10;1-5-12(2,3)11(14)15-13(4)9-7-6-8-10-13;1-5-11(2,3)10(13)14-12(4)8-6-7-9-12;1-4-10(2,3)9(12)14-7-5-6-13-8(7)11/h13-15H,6-12H2,1-5H3;13-16H,5-12H2,1-4H3;11-14H,5-10H2,1-4H3;7-11H,4-6H2,1-3H3;5-10H2,1-4H3;5-9H2,1-4H3;7H,4-6H2,1-3H3. The molecule has 18 heteroatoms. The van der Waals surface area contributed by atoms with Crippen LogP contribution in [0, 0.1) is 126 Å². The van der Waals surface area contributed by atoms with Crippen molar-refractivity contribution >= 4 is 53.7 Å². The number of hydrogen-bond donors (Lipinski definition) is 0. The fourth-order valence-electron chi connectivity index (χ4n) is 24.1. The number of carbonyl (C=O) groups is 9. The highest BCUT2D eigenvalue weighted by Crippen LogP contribution is 2.66. The van der Waals surface area contributed by atoms with E-state index in [0.717, 1.165) is 131 Å². The third-order valence-corrected chi connectivity index (χ3v) is 35.0. The molecule has 122 heavy (non-hydrogen) atoms. The Hall–Kier alpha value is -4.77. The summed E-state index contributed by atoms with van der Waals surface area (Å²) in [6, 6.07) is 0. The van der Waals surface area contributed by atoms with Crippen LogP contribution in [-0.2, 0) is 85.8 Å². The van der Waals surface area contributed by atoms with Gasteiger partial charge in [0.25, 0.3) is 0 Å². The van der Waals surface area contributed by atoms with Gasteiger partial charge in [-0.05, 0) is 428 Å². The van der Waals surface area contributed by atoms with Crippen molar-refractivity contribution in [3.63, 3.8) is 0 Å². The number of rotatable bonds is 24. The first-order valence-electron chi connectivity index (χ1n) is 49.5. The van der Waals surface area contributed by atoms with E-state index < -0.39 is 22.9 Å². The molecule has 2 aliphatic heterocycles. The quantitative estimate of drug-likeness (QED) is 0.0645. The van der Waals surface area contributed by atoms with E-state index in [2.05, 4.69) is 62.3 Å². The second-order valence-corrected chi connectivity index (χ2v) is 48.0. The normalized spacial score (nSPS) is 33.9. The Bertz CT molecular complexity index is 3490. The van der Waals surface area contributed by atoms with Gasteiger partial charge in [-0.1, -0.05) is 54.9 Å². The molecular formula is C104H174O18. The van der Waals surface area contributed by atoms with Crippen LogP contribution >= 0.6 is 0 Å². The van der Waals surface area contributed by atoms with Crippen LogP contribution in [0.5, 0.6) is 0 Å². The van der Waals surface area contributed by atoms with Crippen molar-refractivity contribution in [3.05, 3.63) is 0 Å². The van der Waals surface area contributed by atoms with Gasteiger partial charge in [-0.25, -0.2) is 4.79 Å². The number of fused-ring (bicyclic) bond motifs is 1. The molecule has 16 aliphatic carbocycles. The van der Waals surface area contributed by atoms with Crippen LogP contribution in [0.4, 0.5) is 0 Å². The smallest absolute Gasteiger partial charge is 0.347 e. The van der Waals surface area contributed by atoms with E-state index in [-0.39, 0.29) is 127 Å². The van der Waals surface area contributed by atoms with E-state index in [1.54, 1.807) is 13.8 Å². The Balaban J connectivity index is 0.000000163. The van der Waals surface area contributed by atoms with Crippen LogP contribution in [0.3, 0.4) is 0 Å². The zero-order chi connectivity index (χ0) is 90.7. The fourth-order valence-corrected chi connectivity index (χ4v) is 24.1. The summed E-state index contributed by atoms with van der Waals surface area (Å²) in [6.45, 7) is 54.6. The lowest BCUT2D eigenvalue weighted by Gasteiger charge is -2.61. The first-order chi connectivity index (χ1) is 56.5. The summed E-state index contributed by atoms with van der Waals surface area (Å²) in [4.78, 5) is 107. The number of hydrogen-bond acceptors (Lipinski definition) is 18. The maximum atomic E-state index is 12.6. The first-order valence-corrected chi connectivity index (χ1v) is 49.5. The van der Waals surface area contributed by atoms with Gasteiger partial charge >= 0.3 is 53.7 Å². The van der Waals surface area contributed by atoms with Crippen molar-refractivity contribution in [1.29, 1.82) is 0 Å². The Morgan fingerprint density at radius 3 is 1.15 bits per heavy atom. The highest BCUT2D eigenvalue weighted by atomic mass is 16.6. The summed E-state index contributed by atoms with van der Waals surface area (Å²) >= 11 is 0. The van der Waals surface area contributed by atoms with E-state index in [9.17, 15) is 43.2 Å². The molecule has 0 aromatic rings. The third-order valence-electron chi connectivity index (χ3n) is 35.0. The Morgan fingerprint density at radius 1 is 0.402 bits per heavy atom. The molecule has 0 spiro atoms. The van der Waals surface area contributed by atoms with E-state index >= 15 is 0 Å². The van der Waals surface area contributed by atoms with Crippen molar-refractivity contribution < 1.29 is 85.8 Å². The fraction of sp³-hybridized carbons (Fsp3) is 0.913. The minimum Gasteiger partial charge on any atom is -0.463 e. The molecule has 14 bridgehead atoms. The van der Waals surface area contributed by atoms with Crippen LogP contribution in [0.15, 0.2) is 0 Å². The summed E-state index contributed by atoms with van der Waals surface area (Å²) in [5.41, 5.74) is -2.77. The molecule has 18 fully saturated rings. The SMILES string of the molecule is CCC(C)(C)C(=O)OC(C)(C)C12CC3CC(CC(C3)C1)C2.CCC(C)(C)C(=O)OC(C)CC12CC3CC(CC(C3)C1)C2.CCC(C)(C)C(=O)OC1(C)C2CC3CC(C2)CC1C3.CCC(C)(C)C(=O)OC1(C)CCCC1.CCC(C)(C)C(=O)OC1(C)CCCCC1.CCC(C)(C)C(=O)OC1C2CC3C(=O)OC1C3C2.CCC(C)(C)C(=O)OC1CCOC1=O. The van der Waals surface area contributed by atoms with Crippen LogP contribution in [0.1, 0.15) is 425 Å². The highest BCUT2D eigenvalue weighted by Gasteiger charge is 2.65. The number of carbonyl (C=O) groups excluding carboxylic acids is 9. The maximum absolute atomic E-state index is 12.6. The first kappa shape index (κ1) is 101. The Kier molecular flexibility index (Phi) is 32.5. The predicted molar refractivity (Wildman–Crippen MR) is 477 cm³/mol. The highest BCUT2D eigenvalue weighted by molar-refractivity contribution is 5.83. The van der Waals surface area contributed by atoms with Crippen LogP contribution in [-0.4, -0.2) is 107 Å². The van der Waals surface area contributed by atoms with Gasteiger partial charge in [-0.3, -0.25) is 38.4 Å². The van der Waals surface area contributed by atoms with Gasteiger partial charge in [-0.2, -0.15) is 0 Å². The molecule has 16 saturated carbocycles. The lowest BCUT2D eigenvalue weighted by atomic mass is 9.46. The van der Waals surface area contributed by atoms with Crippen LogP contribution in [0.2, 0.25) is 0 Å². The van der Waals surface area contributed by atoms with Crippen LogP contribution < -0.4 is 0 Å². The lowest BCUT2D eigenvalue weighted by molar-refractivity contribution is -0.211. The summed E-state index contributed by atoms with van der Waals surface area (Å²) in [6.07, 6.45) is 41.6. The largest absolute Gasteiger partial charge is 0.463 e. The molecule has 0 radical (unpaired) electrons. The van der Waals surface area contributed by atoms with E-state index in [0.29, 0.717) is 48.5 Å². The molecule has 2 heterocycles. The summed E-state index contributed by atoms with van der Waals surface area (Å²) < 4.78 is 50.2. The molecule has 2 saturated heterocycles. The predicted octanol–water partition coefficient (Wildman–Crippen LogP) is 24.3. The Morgan fingerprint density at radius 2 is 0.754 bits per heavy atom. The zero-order valence-corrected chi connectivity index (χ0v) is 82.0. The van der Waals surface area contributed by atoms with Gasteiger partial charge in [0.15, 0.2) is 0 Å². The van der Waals surface area contributed by atoms with Crippen molar-refractivity contribution in [2.24, 2.45) is 126 Å². The number of esters is 9. The summed E-state index contributed by atoms with van der Waals surface area (Å²) in [7, 11) is 0. The van der Waals surface area contributed by atoms with Gasteiger partial charge in [0.2, 0.25) is 6.10 Å². The van der Waals surface area contributed by atoms with Gasteiger partial charge in [-0.15, -0.1) is 0 Å². The van der Waals surface area contributed by atoms with Gasteiger partial charge in [0.05, 0.1) is 56.5 Å². The molecule has 698 valence electrons. The Labute approximate surface area is 739 Å². The molecule has 0 amide bonds. The average molecular weight is 1710 g/mol. The molecular weight excluding hydrogens is 1540 g/mol. The lowest BCUT2D eigenvalue weighted by Crippen LogP contribution is -2.58. The monoisotopic (exact) mass is 1710 g/mol. The minimum absolute atomic E-state index is 0.00857. The van der Waals surface area contributed by atoms with E-state index in [1.807, 2.05) is 111 Å². The van der Waals surface area contributed by atoms with Gasteiger partial charge in [0.1, 0.15) is 34.6 Å².